The smallest absolute Gasteiger partial charge is 0.0802 e. The van der Waals surface area contributed by atoms with Crippen molar-refractivity contribution >= 4 is 0 Å². The molecule has 132 valence electrons. The quantitative estimate of drug-likeness (QED) is 0.866. The van der Waals surface area contributed by atoms with E-state index in [0.29, 0.717) is 18.1 Å². The van der Waals surface area contributed by atoms with E-state index in [2.05, 4.69) is 29.0 Å². The zero-order chi connectivity index (χ0) is 16.0. The maximum atomic E-state index is 10.9. The van der Waals surface area contributed by atoms with Gasteiger partial charge in [-0.25, -0.2) is 10.0 Å². The lowest BCUT2D eigenvalue weighted by atomic mass is 9.74. The third-order valence-electron chi connectivity index (χ3n) is 7.48. The van der Waals surface area contributed by atoms with Crippen molar-refractivity contribution in [3.05, 3.63) is 0 Å². The summed E-state index contributed by atoms with van der Waals surface area (Å²) in [5.74, 6) is 2.22. The predicted molar refractivity (Wildman–Crippen MR) is 92.5 cm³/mol. The highest BCUT2D eigenvalue weighted by atomic mass is 16.3. The Balaban J connectivity index is 1.49. The molecule has 0 aromatic heterocycles. The molecule has 0 spiro atoms. The van der Waals surface area contributed by atoms with Crippen molar-refractivity contribution < 1.29 is 5.11 Å². The summed E-state index contributed by atoms with van der Waals surface area (Å²) in [6.45, 7) is 1.05. The average Bonchev–Trinajstić information content (AvgIpc) is 3.04. The first kappa shape index (κ1) is 16.3. The number of aliphatic hydroxyl groups is 1. The number of hydrogen-bond acceptors (Lipinski definition) is 4. The molecular formula is C19H35N3O. The van der Waals surface area contributed by atoms with Crippen LogP contribution in [-0.4, -0.2) is 59.1 Å². The first-order valence-electron chi connectivity index (χ1n) is 10.0. The second-order valence-corrected chi connectivity index (χ2v) is 8.68. The van der Waals surface area contributed by atoms with Crippen molar-refractivity contribution in [2.45, 2.75) is 82.5 Å². The molecule has 0 radical (unpaired) electrons. The SMILES string of the molecule is CN1CN2C(CC(O)C3CCCCC3)C3CCCCC3C2N1C. The molecular weight excluding hydrogens is 286 g/mol. The second kappa shape index (κ2) is 6.62. The summed E-state index contributed by atoms with van der Waals surface area (Å²) in [6, 6.07) is 0.606. The van der Waals surface area contributed by atoms with E-state index >= 15 is 0 Å². The summed E-state index contributed by atoms with van der Waals surface area (Å²) in [7, 11) is 4.47. The third kappa shape index (κ3) is 2.86. The van der Waals surface area contributed by atoms with Crippen LogP contribution in [0.15, 0.2) is 0 Å². The van der Waals surface area contributed by atoms with Gasteiger partial charge in [-0.1, -0.05) is 32.1 Å². The van der Waals surface area contributed by atoms with Crippen LogP contribution in [0.5, 0.6) is 0 Å². The van der Waals surface area contributed by atoms with E-state index in [1.54, 1.807) is 0 Å². The topological polar surface area (TPSA) is 30.0 Å². The Hall–Kier alpha value is -0.160. The fourth-order valence-electron chi connectivity index (χ4n) is 6.21. The standard InChI is InChI=1S/C19H35N3O/c1-20-13-22-17(12-18(23)14-8-4-3-5-9-14)15-10-6-7-11-16(15)19(22)21(20)2/h14-19,23H,3-13H2,1-2H3. The van der Waals surface area contributed by atoms with Crippen LogP contribution in [0, 0.1) is 17.8 Å². The maximum Gasteiger partial charge on any atom is 0.0802 e. The fraction of sp³-hybridized carbons (Fsp3) is 1.00. The second-order valence-electron chi connectivity index (χ2n) is 8.68. The van der Waals surface area contributed by atoms with Crippen LogP contribution >= 0.6 is 0 Å². The van der Waals surface area contributed by atoms with Crippen molar-refractivity contribution in [2.75, 3.05) is 20.8 Å². The highest BCUT2D eigenvalue weighted by Crippen LogP contribution is 2.49. The lowest BCUT2D eigenvalue weighted by molar-refractivity contribution is 0.0142. The molecule has 23 heavy (non-hydrogen) atoms. The third-order valence-corrected chi connectivity index (χ3v) is 7.48. The molecule has 4 heteroatoms. The monoisotopic (exact) mass is 321 g/mol. The van der Waals surface area contributed by atoms with Gasteiger partial charge in [-0.3, -0.25) is 4.90 Å². The summed E-state index contributed by atoms with van der Waals surface area (Å²) < 4.78 is 0. The van der Waals surface area contributed by atoms with Gasteiger partial charge in [0, 0.05) is 20.1 Å². The Morgan fingerprint density at radius 2 is 1.57 bits per heavy atom. The zero-order valence-corrected chi connectivity index (χ0v) is 15.0. The van der Waals surface area contributed by atoms with Gasteiger partial charge >= 0.3 is 0 Å². The van der Waals surface area contributed by atoms with Gasteiger partial charge < -0.3 is 5.11 Å². The van der Waals surface area contributed by atoms with Gasteiger partial charge in [0.2, 0.25) is 0 Å². The molecule has 2 heterocycles. The van der Waals surface area contributed by atoms with E-state index < -0.39 is 0 Å². The molecule has 4 rings (SSSR count). The Kier molecular flexibility index (Phi) is 4.70. The summed E-state index contributed by atoms with van der Waals surface area (Å²) in [6.07, 6.45) is 13.7. The van der Waals surface area contributed by atoms with Crippen LogP contribution in [0.4, 0.5) is 0 Å². The molecule has 2 aliphatic carbocycles. The van der Waals surface area contributed by atoms with E-state index in [-0.39, 0.29) is 6.10 Å². The molecule has 1 N–H and O–H groups in total. The summed E-state index contributed by atoms with van der Waals surface area (Å²) in [4.78, 5) is 2.73. The van der Waals surface area contributed by atoms with Gasteiger partial charge in [-0.15, -0.1) is 0 Å². The minimum absolute atomic E-state index is 0.0714. The average molecular weight is 322 g/mol. The van der Waals surface area contributed by atoms with Crippen molar-refractivity contribution in [2.24, 2.45) is 17.8 Å². The normalized spacial score (nSPS) is 41.9. The molecule has 2 aliphatic heterocycles. The van der Waals surface area contributed by atoms with Gasteiger partial charge in [0.05, 0.1) is 18.9 Å². The first-order valence-corrected chi connectivity index (χ1v) is 10.0. The van der Waals surface area contributed by atoms with E-state index in [4.69, 9.17) is 0 Å². The minimum atomic E-state index is -0.0714. The van der Waals surface area contributed by atoms with Crippen LogP contribution in [0.3, 0.4) is 0 Å². The van der Waals surface area contributed by atoms with Crippen LogP contribution in [0.25, 0.3) is 0 Å². The highest BCUT2D eigenvalue weighted by molar-refractivity contribution is 5.03. The molecule has 0 aromatic rings. The van der Waals surface area contributed by atoms with E-state index in [0.717, 1.165) is 24.9 Å². The number of rotatable bonds is 3. The Bertz CT molecular complexity index is 411. The largest absolute Gasteiger partial charge is 0.393 e. The molecule has 2 saturated carbocycles. The zero-order valence-electron chi connectivity index (χ0n) is 15.0. The van der Waals surface area contributed by atoms with E-state index in [9.17, 15) is 5.11 Å². The molecule has 0 amide bonds. The summed E-state index contributed by atoms with van der Waals surface area (Å²) in [5, 5.41) is 15.8. The van der Waals surface area contributed by atoms with Gasteiger partial charge in [0.25, 0.3) is 0 Å². The van der Waals surface area contributed by atoms with Crippen molar-refractivity contribution in [1.29, 1.82) is 0 Å². The molecule has 4 nitrogen and oxygen atoms in total. The number of fused-ring (bicyclic) bond motifs is 3. The molecule has 5 unspecified atom stereocenters. The number of hydrogen-bond donors (Lipinski definition) is 1. The molecule has 2 saturated heterocycles. The van der Waals surface area contributed by atoms with Crippen LogP contribution in [0.2, 0.25) is 0 Å². The molecule has 4 aliphatic rings. The Morgan fingerprint density at radius 3 is 2.30 bits per heavy atom. The van der Waals surface area contributed by atoms with Gasteiger partial charge in [-0.05, 0) is 49.9 Å². The predicted octanol–water partition coefficient (Wildman–Crippen LogP) is 2.88. The maximum absolute atomic E-state index is 10.9. The molecule has 5 atom stereocenters. The van der Waals surface area contributed by atoms with Gasteiger partial charge in [-0.2, -0.15) is 0 Å². The van der Waals surface area contributed by atoms with Crippen LogP contribution in [0.1, 0.15) is 64.2 Å². The van der Waals surface area contributed by atoms with E-state index in [1.807, 2.05) is 0 Å². The lowest BCUT2D eigenvalue weighted by Gasteiger charge is -2.36. The Morgan fingerprint density at radius 1 is 0.913 bits per heavy atom. The minimum Gasteiger partial charge on any atom is -0.393 e. The summed E-state index contributed by atoms with van der Waals surface area (Å²) in [5.41, 5.74) is 0. The molecule has 0 bridgehead atoms. The number of aliphatic hydroxyl groups excluding tert-OH is 1. The van der Waals surface area contributed by atoms with Crippen LogP contribution < -0.4 is 0 Å². The van der Waals surface area contributed by atoms with E-state index in [1.165, 1.54) is 57.8 Å². The summed E-state index contributed by atoms with van der Waals surface area (Å²) >= 11 is 0. The van der Waals surface area contributed by atoms with Crippen LogP contribution in [-0.2, 0) is 0 Å². The first-order chi connectivity index (χ1) is 11.2. The van der Waals surface area contributed by atoms with Crippen molar-refractivity contribution in [3.8, 4) is 0 Å². The van der Waals surface area contributed by atoms with Crippen molar-refractivity contribution in [1.82, 2.24) is 14.9 Å². The van der Waals surface area contributed by atoms with Gasteiger partial charge in [0.15, 0.2) is 0 Å². The number of nitrogens with zero attached hydrogens (tertiary/aromatic N) is 3. The lowest BCUT2D eigenvalue weighted by Crippen LogP contribution is -2.41. The molecule has 0 aromatic carbocycles. The molecule has 4 fully saturated rings. The number of hydrazine groups is 1. The fourth-order valence-corrected chi connectivity index (χ4v) is 6.21. The van der Waals surface area contributed by atoms with Gasteiger partial charge in [0.1, 0.15) is 0 Å². The highest BCUT2D eigenvalue weighted by Gasteiger charge is 2.54. The Labute approximate surface area is 141 Å². The van der Waals surface area contributed by atoms with Crippen molar-refractivity contribution in [3.63, 3.8) is 0 Å².